The first-order valence-electron chi connectivity index (χ1n) is 16.4. The van der Waals surface area contributed by atoms with Crippen molar-refractivity contribution >= 4 is 50.6 Å². The Balaban J connectivity index is 1.43. The molecule has 4 nitrogen and oxygen atoms in total. The van der Waals surface area contributed by atoms with Crippen LogP contribution in [0.25, 0.3) is 38.6 Å². The van der Waals surface area contributed by atoms with Crippen molar-refractivity contribution in [3.8, 4) is 35.0 Å². The van der Waals surface area contributed by atoms with E-state index in [1.807, 2.05) is 78.9 Å². The summed E-state index contributed by atoms with van der Waals surface area (Å²) >= 11 is 0. The summed E-state index contributed by atoms with van der Waals surface area (Å²) < 4.78 is 2.16. The van der Waals surface area contributed by atoms with Crippen LogP contribution in [0, 0.1) is 34.0 Å². The second kappa shape index (κ2) is 12.6. The van der Waals surface area contributed by atoms with Crippen LogP contribution in [-0.2, 0) is 0 Å². The number of para-hydroxylation sites is 1. The number of hydrogen-bond donors (Lipinski definition) is 0. The molecule has 50 heavy (non-hydrogen) atoms. The Bertz CT molecular complexity index is 2580. The average Bonchev–Trinajstić information content (AvgIpc) is 3.53. The van der Waals surface area contributed by atoms with Crippen LogP contribution >= 0.6 is 0 Å². The molecular formula is C45H28N4Si. The summed E-state index contributed by atoms with van der Waals surface area (Å²) in [6.07, 6.45) is 0. The molecule has 0 radical (unpaired) electrons. The van der Waals surface area contributed by atoms with Crippen LogP contribution in [0.1, 0.15) is 16.7 Å². The maximum atomic E-state index is 10.8. The van der Waals surface area contributed by atoms with E-state index in [2.05, 4.69) is 114 Å². The van der Waals surface area contributed by atoms with Crippen molar-refractivity contribution in [2.45, 2.75) is 0 Å². The zero-order valence-electron chi connectivity index (χ0n) is 27.0. The number of nitriles is 3. The molecule has 8 rings (SSSR count). The van der Waals surface area contributed by atoms with Crippen molar-refractivity contribution in [1.29, 1.82) is 15.8 Å². The molecule has 0 unspecified atom stereocenters. The third-order valence-corrected chi connectivity index (χ3v) is 14.5. The third-order valence-electron chi connectivity index (χ3n) is 9.65. The lowest BCUT2D eigenvalue weighted by Crippen LogP contribution is -2.75. The Hall–Kier alpha value is -6.97. The molecule has 0 aliphatic heterocycles. The summed E-state index contributed by atoms with van der Waals surface area (Å²) in [6, 6.07) is 64.9. The Morgan fingerprint density at radius 2 is 0.940 bits per heavy atom. The van der Waals surface area contributed by atoms with Crippen molar-refractivity contribution in [1.82, 2.24) is 4.57 Å². The zero-order chi connectivity index (χ0) is 34.1. The van der Waals surface area contributed by atoms with Gasteiger partial charge in [-0.1, -0.05) is 121 Å². The molecule has 0 aliphatic rings. The number of nitrogens with zero attached hydrogens (tertiary/aromatic N) is 4. The van der Waals surface area contributed by atoms with Crippen LogP contribution in [-0.4, -0.2) is 12.6 Å². The predicted octanol–water partition coefficient (Wildman–Crippen LogP) is 7.44. The van der Waals surface area contributed by atoms with E-state index in [0.29, 0.717) is 16.7 Å². The highest BCUT2D eigenvalue weighted by atomic mass is 28.3. The lowest BCUT2D eigenvalue weighted by atomic mass is 9.98. The smallest absolute Gasteiger partial charge is 0.180 e. The van der Waals surface area contributed by atoms with Gasteiger partial charge in [0.05, 0.1) is 45.9 Å². The Kier molecular flexibility index (Phi) is 7.63. The van der Waals surface area contributed by atoms with Crippen molar-refractivity contribution in [2.75, 3.05) is 0 Å². The first-order valence-corrected chi connectivity index (χ1v) is 18.4. The first kappa shape index (κ1) is 30.4. The molecule has 8 aromatic rings. The predicted molar refractivity (Wildman–Crippen MR) is 204 cm³/mol. The van der Waals surface area contributed by atoms with Crippen LogP contribution in [0.2, 0.25) is 0 Å². The highest BCUT2D eigenvalue weighted by molar-refractivity contribution is 7.20. The van der Waals surface area contributed by atoms with Crippen LogP contribution in [0.5, 0.6) is 0 Å². The van der Waals surface area contributed by atoms with Gasteiger partial charge in [0.25, 0.3) is 0 Å². The summed E-state index contributed by atoms with van der Waals surface area (Å²) in [5.74, 6) is 0. The number of aromatic nitrogens is 1. The van der Waals surface area contributed by atoms with E-state index >= 15 is 0 Å². The Labute approximate surface area is 291 Å². The molecule has 0 atom stereocenters. The zero-order valence-corrected chi connectivity index (χ0v) is 28.0. The number of rotatable bonds is 6. The Morgan fingerprint density at radius 3 is 1.54 bits per heavy atom. The molecule has 0 amide bonds. The van der Waals surface area contributed by atoms with E-state index < -0.39 is 8.07 Å². The Morgan fingerprint density at radius 1 is 0.420 bits per heavy atom. The van der Waals surface area contributed by atoms with Gasteiger partial charge >= 0.3 is 0 Å². The van der Waals surface area contributed by atoms with Gasteiger partial charge in [-0.3, -0.25) is 0 Å². The summed E-state index contributed by atoms with van der Waals surface area (Å²) in [6.45, 7) is 0. The molecule has 5 heteroatoms. The van der Waals surface area contributed by atoms with Gasteiger partial charge in [0.1, 0.15) is 0 Å². The minimum Gasteiger partial charge on any atom is -0.309 e. The molecule has 0 saturated carbocycles. The molecule has 0 spiro atoms. The molecule has 1 aromatic heterocycles. The summed E-state index contributed by atoms with van der Waals surface area (Å²) in [4.78, 5) is 0. The summed E-state index contributed by atoms with van der Waals surface area (Å²) in [7, 11) is -3.05. The summed E-state index contributed by atoms with van der Waals surface area (Å²) in [5.41, 5.74) is 6.25. The summed E-state index contributed by atoms with van der Waals surface area (Å²) in [5, 5.41) is 37.3. The highest BCUT2D eigenvalue weighted by Gasteiger charge is 2.43. The monoisotopic (exact) mass is 652 g/mol. The highest BCUT2D eigenvalue weighted by Crippen LogP contribution is 2.34. The normalized spacial score (nSPS) is 11.1. The van der Waals surface area contributed by atoms with E-state index in [4.69, 9.17) is 0 Å². The minimum absolute atomic E-state index is 0.533. The maximum absolute atomic E-state index is 10.8. The van der Waals surface area contributed by atoms with Crippen LogP contribution < -0.4 is 20.7 Å². The fourth-order valence-corrected chi connectivity index (χ4v) is 12.5. The van der Waals surface area contributed by atoms with Gasteiger partial charge in [0.15, 0.2) is 8.07 Å². The number of benzene rings is 7. The fourth-order valence-electron chi connectivity index (χ4n) is 7.51. The molecule has 0 aliphatic carbocycles. The SMILES string of the molecule is N#Cc1ccc(-c2ccc(-n3c4ccccc4c4cc(C#N)ccc43)cc2C#N)c([Si](c2ccccc2)(c2ccccc2)c2ccccc2)c1. The number of fused-ring (bicyclic) bond motifs is 3. The van der Waals surface area contributed by atoms with Crippen molar-refractivity contribution < 1.29 is 0 Å². The minimum atomic E-state index is -3.05. The van der Waals surface area contributed by atoms with Gasteiger partial charge in [-0.15, -0.1) is 0 Å². The quantitative estimate of drug-likeness (QED) is 0.138. The molecule has 7 aromatic carbocycles. The maximum Gasteiger partial charge on any atom is 0.180 e. The van der Waals surface area contributed by atoms with Crippen molar-refractivity contribution in [3.05, 3.63) is 187 Å². The molecule has 1 heterocycles. The lowest BCUT2D eigenvalue weighted by molar-refractivity contribution is 1.18. The molecule has 0 fully saturated rings. The van der Waals surface area contributed by atoms with Crippen molar-refractivity contribution in [3.63, 3.8) is 0 Å². The lowest BCUT2D eigenvalue weighted by Gasteiger charge is -2.36. The molecule has 0 saturated heterocycles. The fraction of sp³-hybridized carbons (Fsp3) is 0. The van der Waals surface area contributed by atoms with E-state index in [0.717, 1.165) is 43.8 Å². The molecule has 0 N–H and O–H groups in total. The van der Waals surface area contributed by atoms with E-state index in [-0.39, 0.29) is 0 Å². The molecular weight excluding hydrogens is 625 g/mol. The third kappa shape index (κ3) is 4.80. The molecule has 0 bridgehead atoms. The molecule has 232 valence electrons. The van der Waals surface area contributed by atoms with Crippen molar-refractivity contribution in [2.24, 2.45) is 0 Å². The van der Waals surface area contributed by atoms with E-state index in [1.54, 1.807) is 0 Å². The van der Waals surface area contributed by atoms with Gasteiger partial charge in [0.2, 0.25) is 0 Å². The largest absolute Gasteiger partial charge is 0.309 e. The van der Waals surface area contributed by atoms with Crippen LogP contribution in [0.15, 0.2) is 170 Å². The topological polar surface area (TPSA) is 76.3 Å². The van der Waals surface area contributed by atoms with E-state index in [9.17, 15) is 15.8 Å². The van der Waals surface area contributed by atoms with Gasteiger partial charge in [0, 0.05) is 16.5 Å². The average molecular weight is 653 g/mol. The van der Waals surface area contributed by atoms with Crippen LogP contribution in [0.3, 0.4) is 0 Å². The standard InChI is InChI=1S/C45H28N4Si/c46-29-32-21-25-44-42(26-32)40-18-10-11-19-43(40)49(44)35-22-24-39(34(28-35)31-48)41-23-20-33(30-47)27-45(41)50(36-12-4-1-5-13-36,37-14-6-2-7-15-37)38-16-8-3-9-17-38/h1-28H. The second-order valence-electron chi connectivity index (χ2n) is 12.3. The first-order chi connectivity index (χ1) is 24.7. The van der Waals surface area contributed by atoms with Gasteiger partial charge in [-0.2, -0.15) is 15.8 Å². The number of hydrogen-bond acceptors (Lipinski definition) is 3. The van der Waals surface area contributed by atoms with Gasteiger partial charge < -0.3 is 4.57 Å². The second-order valence-corrected chi connectivity index (χ2v) is 16.0. The van der Waals surface area contributed by atoms with Gasteiger partial charge in [-0.05, 0) is 80.4 Å². The van der Waals surface area contributed by atoms with Crippen LogP contribution in [0.4, 0.5) is 0 Å². The van der Waals surface area contributed by atoms with E-state index in [1.165, 1.54) is 15.6 Å². The van der Waals surface area contributed by atoms with Gasteiger partial charge in [-0.25, -0.2) is 0 Å².